The Balaban J connectivity index is 1.75. The van der Waals surface area contributed by atoms with E-state index in [2.05, 4.69) is 65.5 Å². The average Bonchev–Trinajstić information content (AvgIpc) is 3.01. The highest BCUT2D eigenvalue weighted by molar-refractivity contribution is 8.03. The van der Waals surface area contributed by atoms with Gasteiger partial charge in [-0.25, -0.2) is 4.98 Å². The highest BCUT2D eigenvalue weighted by atomic mass is 32.2. The van der Waals surface area contributed by atoms with E-state index in [9.17, 15) is 0 Å². The molecule has 1 aromatic heterocycles. The highest BCUT2D eigenvalue weighted by Crippen LogP contribution is 2.45. The zero-order valence-electron chi connectivity index (χ0n) is 10.9. The lowest BCUT2D eigenvalue weighted by Gasteiger charge is -2.12. The number of hydrogen-bond acceptors (Lipinski definition) is 4. The average molecular weight is 296 g/mol. The Kier molecular flexibility index (Phi) is 2.79. The van der Waals surface area contributed by atoms with Crippen molar-refractivity contribution < 1.29 is 0 Å². The molecule has 0 radical (unpaired) electrons. The van der Waals surface area contributed by atoms with Crippen molar-refractivity contribution >= 4 is 45.1 Å². The molecule has 2 aromatic carbocycles. The highest BCUT2D eigenvalue weighted by Gasteiger charge is 2.21. The molecule has 4 rings (SSSR count). The van der Waals surface area contributed by atoms with Crippen LogP contribution in [0.4, 0.5) is 5.69 Å². The third-order valence-electron chi connectivity index (χ3n) is 3.33. The number of rotatable bonds is 1. The summed E-state index contributed by atoms with van der Waals surface area (Å²) >= 11 is 3.54. The van der Waals surface area contributed by atoms with Crippen LogP contribution in [0.25, 0.3) is 16.3 Å². The Bertz CT molecular complexity index is 787. The number of thioether (sulfide) groups is 1. The number of para-hydroxylation sites is 2. The smallest absolute Gasteiger partial charge is 0.119 e. The summed E-state index contributed by atoms with van der Waals surface area (Å²) in [6.07, 6.45) is 2.18. The number of hydrogen-bond donors (Lipinski definition) is 0. The second kappa shape index (κ2) is 4.65. The van der Waals surface area contributed by atoms with E-state index < -0.39 is 0 Å². The Morgan fingerprint density at radius 2 is 1.85 bits per heavy atom. The predicted molar refractivity (Wildman–Crippen MR) is 88.3 cm³/mol. The lowest BCUT2D eigenvalue weighted by atomic mass is 10.3. The summed E-state index contributed by atoms with van der Waals surface area (Å²) in [6.45, 7) is 0. The van der Waals surface area contributed by atoms with Gasteiger partial charge in [0.2, 0.25) is 0 Å². The summed E-state index contributed by atoms with van der Waals surface area (Å²) in [7, 11) is 2.11. The van der Waals surface area contributed by atoms with Crippen LogP contribution in [0.5, 0.6) is 0 Å². The fourth-order valence-corrected chi connectivity index (χ4v) is 4.37. The quantitative estimate of drug-likeness (QED) is 0.639. The van der Waals surface area contributed by atoms with Gasteiger partial charge in [-0.05, 0) is 24.3 Å². The molecule has 0 spiro atoms. The molecule has 0 aliphatic carbocycles. The third kappa shape index (κ3) is 1.92. The molecule has 1 aliphatic rings. The minimum atomic E-state index is 1.06. The van der Waals surface area contributed by atoms with Gasteiger partial charge in [0.05, 0.1) is 20.9 Å². The van der Waals surface area contributed by atoms with Gasteiger partial charge in [-0.15, -0.1) is 11.3 Å². The summed E-state index contributed by atoms with van der Waals surface area (Å²) in [5, 5.41) is 2.29. The summed E-state index contributed by atoms with van der Waals surface area (Å²) in [6, 6.07) is 16.8. The van der Waals surface area contributed by atoms with E-state index in [1.807, 2.05) is 6.07 Å². The molecule has 98 valence electrons. The van der Waals surface area contributed by atoms with Crippen molar-refractivity contribution in [3.63, 3.8) is 0 Å². The molecule has 2 nitrogen and oxygen atoms in total. The van der Waals surface area contributed by atoms with Gasteiger partial charge in [-0.2, -0.15) is 0 Å². The first-order valence-electron chi connectivity index (χ1n) is 6.39. The Labute approximate surface area is 125 Å². The van der Waals surface area contributed by atoms with Gasteiger partial charge in [0.25, 0.3) is 0 Å². The molecular formula is C16H12N2S2. The van der Waals surface area contributed by atoms with Crippen molar-refractivity contribution in [2.75, 3.05) is 11.9 Å². The molecule has 0 atom stereocenters. The number of aromatic nitrogens is 1. The van der Waals surface area contributed by atoms with E-state index in [4.69, 9.17) is 0 Å². The lowest BCUT2D eigenvalue weighted by Crippen LogP contribution is -2.08. The molecular weight excluding hydrogens is 284 g/mol. The van der Waals surface area contributed by atoms with Crippen molar-refractivity contribution in [1.29, 1.82) is 0 Å². The van der Waals surface area contributed by atoms with Crippen LogP contribution in [0.15, 0.2) is 58.5 Å². The first-order valence-corrected chi connectivity index (χ1v) is 8.02. The van der Waals surface area contributed by atoms with Crippen LogP contribution in [0.1, 0.15) is 5.01 Å². The van der Waals surface area contributed by atoms with Crippen molar-refractivity contribution in [3.8, 4) is 0 Å². The van der Waals surface area contributed by atoms with Crippen LogP contribution in [-0.2, 0) is 0 Å². The number of fused-ring (bicyclic) bond motifs is 2. The normalized spacial score (nSPS) is 16.1. The van der Waals surface area contributed by atoms with Gasteiger partial charge in [0.15, 0.2) is 0 Å². The van der Waals surface area contributed by atoms with Crippen LogP contribution in [0, 0.1) is 0 Å². The van der Waals surface area contributed by atoms with Crippen molar-refractivity contribution in [3.05, 3.63) is 58.6 Å². The minimum Gasteiger partial charge on any atom is -0.338 e. The molecule has 0 fully saturated rings. The zero-order valence-corrected chi connectivity index (χ0v) is 12.5. The minimum absolute atomic E-state index is 1.06. The molecule has 20 heavy (non-hydrogen) atoms. The van der Waals surface area contributed by atoms with Crippen molar-refractivity contribution in [1.82, 2.24) is 4.98 Å². The first-order chi connectivity index (χ1) is 9.81. The van der Waals surface area contributed by atoms with E-state index in [1.165, 1.54) is 20.3 Å². The van der Waals surface area contributed by atoms with Crippen LogP contribution < -0.4 is 4.90 Å². The molecule has 0 amide bonds. The lowest BCUT2D eigenvalue weighted by molar-refractivity contribution is 1.18. The molecule has 0 saturated heterocycles. The van der Waals surface area contributed by atoms with E-state index >= 15 is 0 Å². The fraction of sp³-hybridized carbons (Fsp3) is 0.0625. The van der Waals surface area contributed by atoms with Crippen LogP contribution >= 0.6 is 23.1 Å². The number of thiazole rings is 1. The maximum absolute atomic E-state index is 4.68. The molecule has 1 aliphatic heterocycles. The Morgan fingerprint density at radius 1 is 1.05 bits per heavy atom. The van der Waals surface area contributed by atoms with Crippen LogP contribution in [0.3, 0.4) is 0 Å². The maximum Gasteiger partial charge on any atom is 0.119 e. The van der Waals surface area contributed by atoms with Gasteiger partial charge < -0.3 is 4.90 Å². The van der Waals surface area contributed by atoms with E-state index in [1.54, 1.807) is 23.1 Å². The molecule has 0 bridgehead atoms. The van der Waals surface area contributed by atoms with Crippen molar-refractivity contribution in [2.24, 2.45) is 0 Å². The summed E-state index contributed by atoms with van der Waals surface area (Å²) in [5.74, 6) is 0. The van der Waals surface area contributed by atoms with Gasteiger partial charge in [-0.3, -0.25) is 0 Å². The van der Waals surface area contributed by atoms with Crippen molar-refractivity contribution in [2.45, 2.75) is 4.90 Å². The van der Waals surface area contributed by atoms with E-state index in [0.717, 1.165) is 10.5 Å². The number of benzene rings is 2. The molecule has 0 unspecified atom stereocenters. The SMILES string of the molecule is CN1/C(=C\c2nc3ccccc3s2)Sc2ccccc21. The van der Waals surface area contributed by atoms with Gasteiger partial charge in [-0.1, -0.05) is 36.0 Å². The second-order valence-corrected chi connectivity index (χ2v) is 6.76. The third-order valence-corrected chi connectivity index (χ3v) is 5.48. The summed E-state index contributed by atoms with van der Waals surface area (Å²) in [4.78, 5) is 8.21. The van der Waals surface area contributed by atoms with E-state index in [-0.39, 0.29) is 0 Å². The molecule has 4 heteroatoms. The topological polar surface area (TPSA) is 16.1 Å². The first kappa shape index (κ1) is 12.0. The van der Waals surface area contributed by atoms with Gasteiger partial charge in [0.1, 0.15) is 5.01 Å². The van der Waals surface area contributed by atoms with Crippen LogP contribution in [0.2, 0.25) is 0 Å². The van der Waals surface area contributed by atoms with Gasteiger partial charge >= 0.3 is 0 Å². The predicted octanol–water partition coefficient (Wildman–Crippen LogP) is 4.84. The Hall–Kier alpha value is -1.78. The summed E-state index contributed by atoms with van der Waals surface area (Å²) < 4.78 is 1.24. The molecule has 0 N–H and O–H groups in total. The van der Waals surface area contributed by atoms with Gasteiger partial charge in [0, 0.05) is 18.0 Å². The molecule has 3 aromatic rings. The Morgan fingerprint density at radius 3 is 2.70 bits per heavy atom. The summed E-state index contributed by atoms with van der Waals surface area (Å²) in [5.41, 5.74) is 2.34. The molecule has 0 saturated carbocycles. The largest absolute Gasteiger partial charge is 0.338 e. The molecule has 2 heterocycles. The monoisotopic (exact) mass is 296 g/mol. The second-order valence-electron chi connectivity index (χ2n) is 4.63. The van der Waals surface area contributed by atoms with E-state index in [0.29, 0.717) is 0 Å². The maximum atomic E-state index is 4.68. The zero-order chi connectivity index (χ0) is 13.5. The van der Waals surface area contributed by atoms with Crippen LogP contribution in [-0.4, -0.2) is 12.0 Å². The fourth-order valence-electron chi connectivity index (χ4n) is 2.30. The number of nitrogens with zero attached hydrogens (tertiary/aromatic N) is 2. The standard InChI is InChI=1S/C16H12N2S2/c1-18-12-7-3-5-9-14(12)20-16(18)10-15-17-11-6-2-4-8-13(11)19-15/h2-10H,1H3/b16-10+. The number of anilines is 1.